The standard InChI is InChI=1S/C9H10BrNO2/c1-5-2-6(12)3-7(9(5)11)8(13)4-10/h2-3,12H,4,11H2,1H3. The van der Waals surface area contributed by atoms with Crippen LogP contribution >= 0.6 is 15.9 Å². The van der Waals surface area contributed by atoms with Crippen molar-refractivity contribution in [1.82, 2.24) is 0 Å². The van der Waals surface area contributed by atoms with Crippen molar-refractivity contribution in [3.63, 3.8) is 0 Å². The van der Waals surface area contributed by atoms with Crippen LogP contribution in [0.4, 0.5) is 5.69 Å². The molecule has 1 rings (SSSR count). The molecule has 0 aliphatic rings. The van der Waals surface area contributed by atoms with Gasteiger partial charge in [-0.05, 0) is 24.6 Å². The molecule has 0 aliphatic carbocycles. The topological polar surface area (TPSA) is 63.3 Å². The molecule has 70 valence electrons. The number of aromatic hydroxyl groups is 1. The van der Waals surface area contributed by atoms with E-state index in [1.165, 1.54) is 12.1 Å². The Kier molecular flexibility index (Phi) is 2.93. The van der Waals surface area contributed by atoms with E-state index in [0.29, 0.717) is 16.8 Å². The lowest BCUT2D eigenvalue weighted by atomic mass is 10.1. The van der Waals surface area contributed by atoms with Crippen LogP contribution in [0.1, 0.15) is 15.9 Å². The number of phenolic OH excluding ortho intramolecular Hbond substituents is 1. The number of nitrogen functional groups attached to an aromatic ring is 1. The predicted octanol–water partition coefficient (Wildman–Crippen LogP) is 1.86. The number of phenols is 1. The van der Waals surface area contributed by atoms with Crippen LogP contribution in [0.25, 0.3) is 0 Å². The summed E-state index contributed by atoms with van der Waals surface area (Å²) < 4.78 is 0. The lowest BCUT2D eigenvalue weighted by Gasteiger charge is -2.06. The zero-order valence-corrected chi connectivity index (χ0v) is 8.76. The van der Waals surface area contributed by atoms with Crippen molar-refractivity contribution in [2.75, 3.05) is 11.1 Å². The Bertz CT molecular complexity index is 350. The van der Waals surface area contributed by atoms with Crippen LogP contribution in [0.15, 0.2) is 12.1 Å². The molecule has 0 amide bonds. The van der Waals surface area contributed by atoms with Crippen LogP contribution < -0.4 is 5.73 Å². The maximum absolute atomic E-state index is 11.3. The number of nitrogens with two attached hydrogens (primary N) is 1. The molecular formula is C9H10BrNO2. The van der Waals surface area contributed by atoms with E-state index < -0.39 is 0 Å². The normalized spacial score (nSPS) is 10.0. The number of hydrogen-bond acceptors (Lipinski definition) is 3. The summed E-state index contributed by atoms with van der Waals surface area (Å²) in [5, 5.41) is 9.45. The molecule has 3 N–H and O–H groups in total. The molecule has 0 fully saturated rings. The number of Topliss-reactive ketones (excluding diaryl/α,β-unsaturated/α-hetero) is 1. The lowest BCUT2D eigenvalue weighted by Crippen LogP contribution is -2.05. The molecule has 0 spiro atoms. The van der Waals surface area contributed by atoms with E-state index in [4.69, 9.17) is 5.73 Å². The SMILES string of the molecule is Cc1cc(O)cc(C(=O)CBr)c1N. The van der Waals surface area contributed by atoms with Crippen molar-refractivity contribution in [2.24, 2.45) is 0 Å². The largest absolute Gasteiger partial charge is 0.508 e. The van der Waals surface area contributed by atoms with Crippen LogP contribution in [0.2, 0.25) is 0 Å². The number of ketones is 1. The number of benzene rings is 1. The first-order valence-corrected chi connectivity index (χ1v) is 4.86. The number of hydrogen-bond donors (Lipinski definition) is 2. The highest BCUT2D eigenvalue weighted by Crippen LogP contribution is 2.24. The quantitative estimate of drug-likeness (QED) is 0.361. The first kappa shape index (κ1) is 10.1. The fraction of sp³-hybridized carbons (Fsp3) is 0.222. The highest BCUT2D eigenvalue weighted by atomic mass is 79.9. The third kappa shape index (κ3) is 2.01. The third-order valence-electron chi connectivity index (χ3n) is 1.79. The fourth-order valence-corrected chi connectivity index (χ4v) is 1.38. The van der Waals surface area contributed by atoms with E-state index in [1.54, 1.807) is 6.92 Å². The van der Waals surface area contributed by atoms with Crippen LogP contribution in [-0.2, 0) is 0 Å². The molecule has 0 aliphatic heterocycles. The maximum atomic E-state index is 11.3. The van der Waals surface area contributed by atoms with Crippen LogP contribution in [-0.4, -0.2) is 16.2 Å². The number of aryl methyl sites for hydroxylation is 1. The summed E-state index contributed by atoms with van der Waals surface area (Å²) in [6.07, 6.45) is 0. The third-order valence-corrected chi connectivity index (χ3v) is 2.30. The molecule has 0 unspecified atom stereocenters. The number of carbonyl (C=O) groups excluding carboxylic acids is 1. The van der Waals surface area contributed by atoms with E-state index >= 15 is 0 Å². The molecule has 0 heterocycles. The maximum Gasteiger partial charge on any atom is 0.175 e. The van der Waals surface area contributed by atoms with Crippen LogP contribution in [0.3, 0.4) is 0 Å². The number of alkyl halides is 1. The highest BCUT2D eigenvalue weighted by molar-refractivity contribution is 9.09. The molecule has 13 heavy (non-hydrogen) atoms. The fourth-order valence-electron chi connectivity index (χ4n) is 1.08. The molecule has 4 heteroatoms. The Morgan fingerprint density at radius 3 is 2.77 bits per heavy atom. The zero-order chi connectivity index (χ0) is 10.0. The van der Waals surface area contributed by atoms with Gasteiger partial charge >= 0.3 is 0 Å². The van der Waals surface area contributed by atoms with Gasteiger partial charge in [0, 0.05) is 11.3 Å². The van der Waals surface area contributed by atoms with Gasteiger partial charge in [0.25, 0.3) is 0 Å². The van der Waals surface area contributed by atoms with Crippen molar-refractivity contribution < 1.29 is 9.90 Å². The molecule has 0 atom stereocenters. The second-order valence-electron chi connectivity index (χ2n) is 2.78. The molecule has 0 aromatic heterocycles. The van der Waals surface area contributed by atoms with Crippen molar-refractivity contribution in [2.45, 2.75) is 6.92 Å². The van der Waals surface area contributed by atoms with Crippen molar-refractivity contribution in [3.05, 3.63) is 23.3 Å². The molecule has 0 saturated heterocycles. The average Bonchev–Trinajstić information content (AvgIpc) is 2.10. The minimum Gasteiger partial charge on any atom is -0.508 e. The smallest absolute Gasteiger partial charge is 0.175 e. The van der Waals surface area contributed by atoms with Gasteiger partial charge in [0.15, 0.2) is 5.78 Å². The molecule has 0 saturated carbocycles. The van der Waals surface area contributed by atoms with E-state index in [2.05, 4.69) is 15.9 Å². The second kappa shape index (κ2) is 3.79. The summed E-state index contributed by atoms with van der Waals surface area (Å²) >= 11 is 3.05. The molecule has 1 aromatic rings. The molecular weight excluding hydrogens is 234 g/mol. The average molecular weight is 244 g/mol. The van der Waals surface area contributed by atoms with Gasteiger partial charge in [-0.2, -0.15) is 0 Å². The summed E-state index contributed by atoms with van der Waals surface area (Å²) in [7, 11) is 0. The van der Waals surface area contributed by atoms with E-state index in [0.717, 1.165) is 0 Å². The van der Waals surface area contributed by atoms with Gasteiger partial charge in [-0.1, -0.05) is 15.9 Å². The Hall–Kier alpha value is -1.03. The Balaban J connectivity index is 3.28. The molecule has 3 nitrogen and oxygen atoms in total. The monoisotopic (exact) mass is 243 g/mol. The first-order valence-electron chi connectivity index (χ1n) is 3.74. The van der Waals surface area contributed by atoms with Gasteiger partial charge in [-0.15, -0.1) is 0 Å². The zero-order valence-electron chi connectivity index (χ0n) is 7.17. The lowest BCUT2D eigenvalue weighted by molar-refractivity contribution is 0.102. The minimum atomic E-state index is -0.128. The predicted molar refractivity (Wildman–Crippen MR) is 55.4 cm³/mol. The highest BCUT2D eigenvalue weighted by Gasteiger charge is 2.11. The number of halogens is 1. The van der Waals surface area contributed by atoms with Crippen LogP contribution in [0.5, 0.6) is 5.75 Å². The van der Waals surface area contributed by atoms with Crippen molar-refractivity contribution in [3.8, 4) is 5.75 Å². The Morgan fingerprint density at radius 2 is 2.23 bits per heavy atom. The molecule has 0 bridgehead atoms. The first-order chi connectivity index (χ1) is 6.06. The number of rotatable bonds is 2. The number of carbonyl (C=O) groups is 1. The minimum absolute atomic E-state index is 0.0657. The summed E-state index contributed by atoms with van der Waals surface area (Å²) in [6.45, 7) is 1.75. The summed E-state index contributed by atoms with van der Waals surface area (Å²) in [4.78, 5) is 11.3. The second-order valence-corrected chi connectivity index (χ2v) is 3.34. The number of anilines is 1. The van der Waals surface area contributed by atoms with E-state index in [9.17, 15) is 9.90 Å². The van der Waals surface area contributed by atoms with E-state index in [-0.39, 0.29) is 16.9 Å². The molecule has 0 radical (unpaired) electrons. The van der Waals surface area contributed by atoms with Crippen molar-refractivity contribution in [1.29, 1.82) is 0 Å². The van der Waals surface area contributed by atoms with Crippen LogP contribution in [0, 0.1) is 6.92 Å². The van der Waals surface area contributed by atoms with Gasteiger partial charge < -0.3 is 10.8 Å². The Morgan fingerprint density at radius 1 is 1.62 bits per heavy atom. The van der Waals surface area contributed by atoms with E-state index in [1.807, 2.05) is 0 Å². The van der Waals surface area contributed by atoms with Crippen molar-refractivity contribution >= 4 is 27.4 Å². The van der Waals surface area contributed by atoms with Gasteiger partial charge in [0.2, 0.25) is 0 Å². The molecule has 1 aromatic carbocycles. The van der Waals surface area contributed by atoms with Gasteiger partial charge in [0.1, 0.15) is 5.75 Å². The van der Waals surface area contributed by atoms with Gasteiger partial charge in [-0.3, -0.25) is 4.79 Å². The summed E-state index contributed by atoms with van der Waals surface area (Å²) in [5.74, 6) is -0.0625. The summed E-state index contributed by atoms with van der Waals surface area (Å²) in [5.41, 5.74) is 7.19. The van der Waals surface area contributed by atoms with Gasteiger partial charge in [0.05, 0.1) is 5.33 Å². The van der Waals surface area contributed by atoms with Gasteiger partial charge in [-0.25, -0.2) is 0 Å². The summed E-state index contributed by atoms with van der Waals surface area (Å²) in [6, 6.07) is 2.91. The Labute approximate surface area is 84.7 Å².